The van der Waals surface area contributed by atoms with Crippen LogP contribution in [0.1, 0.15) is 33.2 Å². The molecule has 0 unspecified atom stereocenters. The molecule has 0 bridgehead atoms. The van der Waals surface area contributed by atoms with Crippen molar-refractivity contribution in [1.29, 1.82) is 0 Å². The fourth-order valence-electron chi connectivity index (χ4n) is 3.03. The van der Waals surface area contributed by atoms with Gasteiger partial charge in [0, 0.05) is 36.9 Å². The van der Waals surface area contributed by atoms with Crippen LogP contribution in [-0.2, 0) is 0 Å². The Morgan fingerprint density at radius 3 is 2.73 bits per heavy atom. The van der Waals surface area contributed by atoms with Crippen LogP contribution >= 0.6 is 0 Å². The van der Waals surface area contributed by atoms with E-state index in [9.17, 15) is 14.0 Å². The zero-order chi connectivity index (χ0) is 18.7. The lowest BCUT2D eigenvalue weighted by Crippen LogP contribution is -2.52. The lowest BCUT2D eigenvalue weighted by atomic mass is 10.1. The third kappa shape index (κ3) is 3.75. The van der Waals surface area contributed by atoms with Crippen LogP contribution in [0.25, 0.3) is 0 Å². The summed E-state index contributed by atoms with van der Waals surface area (Å²) < 4.78 is 13.8. The van der Waals surface area contributed by atoms with E-state index in [4.69, 9.17) is 0 Å². The minimum absolute atomic E-state index is 0.0284. The molecule has 1 heterocycles. The summed E-state index contributed by atoms with van der Waals surface area (Å²) in [7, 11) is 0. The first-order valence-electron chi connectivity index (χ1n) is 8.65. The summed E-state index contributed by atoms with van der Waals surface area (Å²) in [5.41, 5.74) is 1.79. The van der Waals surface area contributed by atoms with Gasteiger partial charge in [0.05, 0.1) is 5.56 Å². The van der Waals surface area contributed by atoms with E-state index in [-0.39, 0.29) is 17.5 Å². The van der Waals surface area contributed by atoms with Gasteiger partial charge in [0.1, 0.15) is 5.82 Å². The zero-order valence-electron chi connectivity index (χ0n) is 14.9. The fourth-order valence-corrected chi connectivity index (χ4v) is 3.03. The number of anilines is 1. The molecule has 3 rings (SSSR count). The molecule has 2 N–H and O–H groups in total. The minimum Gasteiger partial charge on any atom is -0.333 e. The quantitative estimate of drug-likeness (QED) is 0.890. The fraction of sp³-hybridized carbons (Fsp3) is 0.300. The Bertz CT molecular complexity index is 838. The predicted octanol–water partition coefficient (Wildman–Crippen LogP) is 2.82. The average molecular weight is 355 g/mol. The number of amides is 2. The molecule has 2 aromatic carbocycles. The number of nitrogens with zero attached hydrogens (tertiary/aromatic N) is 1. The van der Waals surface area contributed by atoms with Crippen LogP contribution < -0.4 is 10.6 Å². The standard InChI is InChI=1S/C20H22FN3O2/c1-13-7-8-15(20(26)24-10-9-22-12-14(24)2)11-18(13)23-19(25)16-5-3-4-6-17(16)21/h3-8,11,14,22H,9-10,12H2,1-2H3,(H,23,25)/t14-/m0/s1. The molecule has 136 valence electrons. The van der Waals surface area contributed by atoms with E-state index in [1.807, 2.05) is 18.7 Å². The molecule has 0 aromatic heterocycles. The highest BCUT2D eigenvalue weighted by atomic mass is 19.1. The highest BCUT2D eigenvalue weighted by Gasteiger charge is 2.24. The van der Waals surface area contributed by atoms with Gasteiger partial charge in [-0.15, -0.1) is 0 Å². The summed E-state index contributed by atoms with van der Waals surface area (Å²) in [6.07, 6.45) is 0. The number of aryl methyl sites for hydroxylation is 1. The maximum Gasteiger partial charge on any atom is 0.258 e. The number of hydrogen-bond acceptors (Lipinski definition) is 3. The Morgan fingerprint density at radius 2 is 2.00 bits per heavy atom. The van der Waals surface area contributed by atoms with Crippen LogP contribution in [0.4, 0.5) is 10.1 Å². The van der Waals surface area contributed by atoms with Crippen LogP contribution in [0.5, 0.6) is 0 Å². The topological polar surface area (TPSA) is 61.4 Å². The van der Waals surface area contributed by atoms with Gasteiger partial charge in [0.25, 0.3) is 11.8 Å². The number of carbonyl (C=O) groups is 2. The van der Waals surface area contributed by atoms with Crippen LogP contribution in [0, 0.1) is 12.7 Å². The smallest absolute Gasteiger partial charge is 0.258 e. The molecule has 0 radical (unpaired) electrons. The van der Waals surface area contributed by atoms with Crippen LogP contribution in [-0.4, -0.2) is 42.4 Å². The molecule has 1 saturated heterocycles. The predicted molar refractivity (Wildman–Crippen MR) is 98.9 cm³/mol. The number of hydrogen-bond donors (Lipinski definition) is 2. The SMILES string of the molecule is Cc1ccc(C(=O)N2CCNC[C@@H]2C)cc1NC(=O)c1ccccc1F. The number of rotatable bonds is 3. The van der Waals surface area contributed by atoms with Crippen molar-refractivity contribution < 1.29 is 14.0 Å². The monoisotopic (exact) mass is 355 g/mol. The van der Waals surface area contributed by atoms with Crippen molar-refractivity contribution in [3.05, 3.63) is 65.0 Å². The summed E-state index contributed by atoms with van der Waals surface area (Å²) in [5, 5.41) is 5.97. The number of piperazine rings is 1. The van der Waals surface area contributed by atoms with Gasteiger partial charge >= 0.3 is 0 Å². The lowest BCUT2D eigenvalue weighted by molar-refractivity contribution is 0.0655. The Labute approximate surface area is 152 Å². The van der Waals surface area contributed by atoms with Crippen molar-refractivity contribution in [2.45, 2.75) is 19.9 Å². The summed E-state index contributed by atoms with van der Waals surface area (Å²) in [5.74, 6) is -1.18. The molecule has 1 aliphatic heterocycles. The molecule has 26 heavy (non-hydrogen) atoms. The molecule has 0 aliphatic carbocycles. The summed E-state index contributed by atoms with van der Waals surface area (Å²) >= 11 is 0. The molecule has 1 atom stereocenters. The summed E-state index contributed by atoms with van der Waals surface area (Å²) in [6.45, 7) is 6.00. The van der Waals surface area contributed by atoms with E-state index in [0.717, 1.165) is 18.7 Å². The second-order valence-electron chi connectivity index (χ2n) is 6.52. The number of nitrogens with one attached hydrogen (secondary N) is 2. The van der Waals surface area contributed by atoms with Crippen molar-refractivity contribution in [1.82, 2.24) is 10.2 Å². The highest BCUT2D eigenvalue weighted by Crippen LogP contribution is 2.21. The van der Waals surface area contributed by atoms with Gasteiger partial charge in [-0.05, 0) is 43.7 Å². The number of halogens is 1. The molecule has 0 saturated carbocycles. The lowest BCUT2D eigenvalue weighted by Gasteiger charge is -2.34. The van der Waals surface area contributed by atoms with Gasteiger partial charge in [0.15, 0.2) is 0 Å². The number of benzene rings is 2. The van der Waals surface area contributed by atoms with Gasteiger partial charge < -0.3 is 15.5 Å². The second-order valence-corrected chi connectivity index (χ2v) is 6.52. The van der Waals surface area contributed by atoms with Crippen molar-refractivity contribution in [2.75, 3.05) is 25.0 Å². The second kappa shape index (κ2) is 7.66. The molecule has 6 heteroatoms. The Hall–Kier alpha value is -2.73. The van der Waals surface area contributed by atoms with Crippen molar-refractivity contribution in [2.24, 2.45) is 0 Å². The molecular formula is C20H22FN3O2. The maximum absolute atomic E-state index is 13.8. The van der Waals surface area contributed by atoms with Gasteiger partial charge in [0.2, 0.25) is 0 Å². The molecule has 2 aromatic rings. The zero-order valence-corrected chi connectivity index (χ0v) is 14.9. The molecular weight excluding hydrogens is 333 g/mol. The largest absolute Gasteiger partial charge is 0.333 e. The first kappa shape index (κ1) is 18.1. The minimum atomic E-state index is -0.579. The van der Waals surface area contributed by atoms with Crippen molar-refractivity contribution >= 4 is 17.5 Å². The Morgan fingerprint density at radius 1 is 1.23 bits per heavy atom. The van der Waals surface area contributed by atoms with Gasteiger partial charge in [-0.25, -0.2) is 4.39 Å². The van der Waals surface area contributed by atoms with E-state index in [1.54, 1.807) is 24.3 Å². The van der Waals surface area contributed by atoms with Crippen LogP contribution in [0.2, 0.25) is 0 Å². The first-order chi connectivity index (χ1) is 12.5. The third-order valence-corrected chi connectivity index (χ3v) is 4.61. The van der Waals surface area contributed by atoms with E-state index < -0.39 is 11.7 Å². The van der Waals surface area contributed by atoms with Crippen LogP contribution in [0.15, 0.2) is 42.5 Å². The molecule has 2 amide bonds. The van der Waals surface area contributed by atoms with E-state index in [1.165, 1.54) is 18.2 Å². The maximum atomic E-state index is 13.8. The Kier molecular flexibility index (Phi) is 5.32. The van der Waals surface area contributed by atoms with Crippen molar-refractivity contribution in [3.63, 3.8) is 0 Å². The summed E-state index contributed by atoms with van der Waals surface area (Å²) in [4.78, 5) is 27.0. The highest BCUT2D eigenvalue weighted by molar-refractivity contribution is 6.05. The average Bonchev–Trinajstić information content (AvgIpc) is 2.63. The van der Waals surface area contributed by atoms with Crippen LogP contribution in [0.3, 0.4) is 0 Å². The van der Waals surface area contributed by atoms with Gasteiger partial charge in [-0.1, -0.05) is 18.2 Å². The van der Waals surface area contributed by atoms with E-state index in [2.05, 4.69) is 10.6 Å². The molecule has 0 spiro atoms. The van der Waals surface area contributed by atoms with E-state index >= 15 is 0 Å². The van der Waals surface area contributed by atoms with Gasteiger partial charge in [-0.2, -0.15) is 0 Å². The molecule has 1 fully saturated rings. The Balaban J connectivity index is 1.83. The normalized spacial score (nSPS) is 17.0. The summed E-state index contributed by atoms with van der Waals surface area (Å²) in [6, 6.07) is 11.1. The third-order valence-electron chi connectivity index (χ3n) is 4.61. The van der Waals surface area contributed by atoms with Crippen molar-refractivity contribution in [3.8, 4) is 0 Å². The van der Waals surface area contributed by atoms with E-state index in [0.29, 0.717) is 17.8 Å². The first-order valence-corrected chi connectivity index (χ1v) is 8.65. The molecule has 5 nitrogen and oxygen atoms in total. The molecule has 1 aliphatic rings. The van der Waals surface area contributed by atoms with Gasteiger partial charge in [-0.3, -0.25) is 9.59 Å². The number of carbonyl (C=O) groups excluding carboxylic acids is 2.